The summed E-state index contributed by atoms with van der Waals surface area (Å²) in [4.78, 5) is 19.9. The van der Waals surface area contributed by atoms with Gasteiger partial charge in [0.05, 0.1) is 10.6 Å². The van der Waals surface area contributed by atoms with Crippen LogP contribution in [0.1, 0.15) is 20.8 Å². The largest absolute Gasteiger partial charge is 0.507 e. The van der Waals surface area contributed by atoms with Crippen LogP contribution in [0.2, 0.25) is 0 Å². The standard InChI is InChI=1S/C26H22N4O2S/c1-30(2)16-17-7-5-8-18(13-17)20-14-22(19-9-3-4-10-23(19)31)28-25(21(20)15-27)29-26(32)24-11-6-12-33-24/h3-14,31H,16H2,1-2H3,(H,28,29,32). The molecule has 7 heteroatoms. The first kappa shape index (κ1) is 22.2. The molecule has 2 aromatic carbocycles. The van der Waals surface area contributed by atoms with Gasteiger partial charge in [-0.1, -0.05) is 36.4 Å². The first-order chi connectivity index (χ1) is 16.0. The average molecular weight is 455 g/mol. The molecule has 4 aromatic rings. The quantitative estimate of drug-likeness (QED) is 0.409. The number of para-hydroxylation sites is 1. The first-order valence-corrected chi connectivity index (χ1v) is 11.2. The second-order valence-electron chi connectivity index (χ2n) is 7.78. The summed E-state index contributed by atoms with van der Waals surface area (Å²) in [5.41, 5.74) is 3.79. The van der Waals surface area contributed by atoms with E-state index in [2.05, 4.69) is 21.3 Å². The van der Waals surface area contributed by atoms with Crippen LogP contribution in [0.15, 0.2) is 72.1 Å². The summed E-state index contributed by atoms with van der Waals surface area (Å²) in [7, 11) is 3.99. The van der Waals surface area contributed by atoms with Gasteiger partial charge in [-0.15, -0.1) is 11.3 Å². The number of phenolic OH excluding ortho intramolecular Hbond substituents is 1. The third-order valence-electron chi connectivity index (χ3n) is 5.02. The van der Waals surface area contributed by atoms with Gasteiger partial charge in [0.15, 0.2) is 5.82 Å². The predicted molar refractivity (Wildman–Crippen MR) is 131 cm³/mol. The molecule has 6 nitrogen and oxygen atoms in total. The zero-order valence-corrected chi connectivity index (χ0v) is 19.1. The van der Waals surface area contributed by atoms with Crippen LogP contribution in [0.25, 0.3) is 22.4 Å². The predicted octanol–water partition coefficient (Wildman–Crippen LogP) is 5.37. The van der Waals surface area contributed by atoms with E-state index in [9.17, 15) is 15.2 Å². The Bertz CT molecular complexity index is 1340. The molecule has 2 N–H and O–H groups in total. The van der Waals surface area contributed by atoms with Crippen LogP contribution in [0.3, 0.4) is 0 Å². The third-order valence-corrected chi connectivity index (χ3v) is 5.89. The second kappa shape index (κ2) is 9.65. The lowest BCUT2D eigenvalue weighted by molar-refractivity contribution is 0.103. The maximum Gasteiger partial charge on any atom is 0.266 e. The molecular formula is C26H22N4O2S. The summed E-state index contributed by atoms with van der Waals surface area (Å²) in [6, 6.07) is 22.3. The van der Waals surface area contributed by atoms with E-state index in [0.717, 1.165) is 17.7 Å². The van der Waals surface area contributed by atoms with Crippen molar-refractivity contribution in [2.75, 3.05) is 19.4 Å². The number of nitrogens with one attached hydrogen (secondary N) is 1. The molecule has 0 fully saturated rings. The molecular weight excluding hydrogens is 432 g/mol. The average Bonchev–Trinajstić information content (AvgIpc) is 3.34. The van der Waals surface area contributed by atoms with E-state index in [4.69, 9.17) is 0 Å². The molecule has 0 aliphatic carbocycles. The minimum Gasteiger partial charge on any atom is -0.507 e. The molecule has 0 radical (unpaired) electrons. The SMILES string of the molecule is CN(C)Cc1cccc(-c2cc(-c3ccccc3O)nc(NC(=O)c3cccs3)c2C#N)c1. The number of aromatic hydroxyl groups is 1. The number of carbonyl (C=O) groups excluding carboxylic acids is 1. The lowest BCUT2D eigenvalue weighted by Crippen LogP contribution is -2.14. The molecule has 2 heterocycles. The lowest BCUT2D eigenvalue weighted by Gasteiger charge is -2.15. The summed E-state index contributed by atoms with van der Waals surface area (Å²) in [5.74, 6) is -0.113. The van der Waals surface area contributed by atoms with Crippen molar-refractivity contribution < 1.29 is 9.90 Å². The smallest absolute Gasteiger partial charge is 0.266 e. The summed E-state index contributed by atoms with van der Waals surface area (Å²) in [6.45, 7) is 0.745. The van der Waals surface area contributed by atoms with E-state index in [1.165, 1.54) is 11.3 Å². The van der Waals surface area contributed by atoms with Gasteiger partial charge >= 0.3 is 0 Å². The van der Waals surface area contributed by atoms with Crippen LogP contribution in [0.4, 0.5) is 5.82 Å². The monoisotopic (exact) mass is 454 g/mol. The molecule has 0 aliphatic heterocycles. The number of aromatic nitrogens is 1. The number of anilines is 1. The minimum atomic E-state index is -0.337. The highest BCUT2D eigenvalue weighted by molar-refractivity contribution is 7.12. The van der Waals surface area contributed by atoms with Gasteiger partial charge in [0.25, 0.3) is 5.91 Å². The van der Waals surface area contributed by atoms with E-state index in [1.807, 2.05) is 43.7 Å². The van der Waals surface area contributed by atoms with Gasteiger partial charge in [0.2, 0.25) is 0 Å². The van der Waals surface area contributed by atoms with Gasteiger partial charge in [-0.25, -0.2) is 4.98 Å². The van der Waals surface area contributed by atoms with Crippen LogP contribution in [0.5, 0.6) is 5.75 Å². The summed E-state index contributed by atoms with van der Waals surface area (Å²) < 4.78 is 0. The summed E-state index contributed by atoms with van der Waals surface area (Å²) in [5, 5.41) is 25.1. The van der Waals surface area contributed by atoms with Crippen molar-refractivity contribution in [3.63, 3.8) is 0 Å². The molecule has 1 amide bonds. The van der Waals surface area contributed by atoms with Gasteiger partial charge in [0, 0.05) is 17.7 Å². The Balaban J connectivity index is 1.89. The molecule has 0 aliphatic rings. The van der Waals surface area contributed by atoms with Crippen LogP contribution < -0.4 is 5.32 Å². The van der Waals surface area contributed by atoms with Crippen molar-refractivity contribution in [3.8, 4) is 34.2 Å². The van der Waals surface area contributed by atoms with Crippen LogP contribution in [-0.2, 0) is 6.54 Å². The van der Waals surface area contributed by atoms with Gasteiger partial charge in [-0.2, -0.15) is 5.26 Å². The van der Waals surface area contributed by atoms with Crippen LogP contribution in [-0.4, -0.2) is 35.0 Å². The number of hydrogen-bond donors (Lipinski definition) is 2. The van der Waals surface area contributed by atoms with Crippen LogP contribution >= 0.6 is 11.3 Å². The fraction of sp³-hybridized carbons (Fsp3) is 0.115. The number of nitriles is 1. The first-order valence-electron chi connectivity index (χ1n) is 10.3. The number of hydrogen-bond acceptors (Lipinski definition) is 6. The van der Waals surface area contributed by atoms with Gasteiger partial charge in [-0.3, -0.25) is 4.79 Å². The molecule has 4 rings (SSSR count). The Morgan fingerprint density at radius 3 is 2.61 bits per heavy atom. The van der Waals surface area contributed by atoms with E-state index in [1.54, 1.807) is 42.5 Å². The van der Waals surface area contributed by atoms with Crippen molar-refractivity contribution in [1.29, 1.82) is 5.26 Å². The number of thiophene rings is 1. The van der Waals surface area contributed by atoms with Crippen molar-refractivity contribution in [2.45, 2.75) is 6.54 Å². The van der Waals surface area contributed by atoms with Crippen molar-refractivity contribution in [1.82, 2.24) is 9.88 Å². The molecule has 33 heavy (non-hydrogen) atoms. The Hall–Kier alpha value is -3.99. The van der Waals surface area contributed by atoms with E-state index < -0.39 is 0 Å². The normalized spacial score (nSPS) is 10.7. The Morgan fingerprint density at radius 1 is 1.09 bits per heavy atom. The number of pyridine rings is 1. The highest BCUT2D eigenvalue weighted by Gasteiger charge is 2.19. The summed E-state index contributed by atoms with van der Waals surface area (Å²) in [6.07, 6.45) is 0. The molecule has 0 unspecified atom stereocenters. The zero-order chi connectivity index (χ0) is 23.4. The molecule has 0 saturated carbocycles. The van der Waals surface area contributed by atoms with Gasteiger partial charge in [-0.05, 0) is 60.9 Å². The number of benzene rings is 2. The minimum absolute atomic E-state index is 0.0672. The van der Waals surface area contributed by atoms with E-state index >= 15 is 0 Å². The molecule has 0 atom stereocenters. The third kappa shape index (κ3) is 4.93. The van der Waals surface area contributed by atoms with Crippen LogP contribution in [0, 0.1) is 11.3 Å². The second-order valence-corrected chi connectivity index (χ2v) is 8.72. The number of rotatable bonds is 6. The number of phenols is 1. The van der Waals surface area contributed by atoms with Crippen molar-refractivity contribution >= 4 is 23.1 Å². The highest BCUT2D eigenvalue weighted by Crippen LogP contribution is 2.36. The molecule has 164 valence electrons. The number of amides is 1. The molecule has 2 aromatic heterocycles. The van der Waals surface area contributed by atoms with E-state index in [0.29, 0.717) is 21.7 Å². The molecule has 0 saturated heterocycles. The Morgan fingerprint density at radius 2 is 1.91 bits per heavy atom. The lowest BCUT2D eigenvalue weighted by atomic mass is 9.96. The number of nitrogens with zero attached hydrogens (tertiary/aromatic N) is 3. The van der Waals surface area contributed by atoms with Gasteiger partial charge < -0.3 is 15.3 Å². The fourth-order valence-corrected chi connectivity index (χ4v) is 4.20. The van der Waals surface area contributed by atoms with Crippen molar-refractivity contribution in [3.05, 3.63) is 88.1 Å². The summed E-state index contributed by atoms with van der Waals surface area (Å²) >= 11 is 1.31. The maximum atomic E-state index is 12.8. The van der Waals surface area contributed by atoms with E-state index in [-0.39, 0.29) is 23.0 Å². The Labute approximate surface area is 196 Å². The number of carbonyl (C=O) groups is 1. The maximum absolute atomic E-state index is 12.8. The van der Waals surface area contributed by atoms with Gasteiger partial charge in [0.1, 0.15) is 17.4 Å². The molecule has 0 bridgehead atoms. The van der Waals surface area contributed by atoms with Crippen molar-refractivity contribution in [2.24, 2.45) is 0 Å². The highest BCUT2D eigenvalue weighted by atomic mass is 32.1. The molecule has 0 spiro atoms. The Kier molecular flexibility index (Phi) is 6.50. The fourth-order valence-electron chi connectivity index (χ4n) is 3.58. The zero-order valence-electron chi connectivity index (χ0n) is 18.2. The topological polar surface area (TPSA) is 89.2 Å².